The monoisotopic (exact) mass is 1090 g/mol. The van der Waals surface area contributed by atoms with Crippen molar-refractivity contribution in [3.8, 4) is 0 Å². The molecule has 0 atom stereocenters. The molecule has 46 heavy (non-hydrogen) atoms. The van der Waals surface area contributed by atoms with Gasteiger partial charge in [-0.05, 0) is 60.7 Å². The Bertz CT molecular complexity index is 776. The fourth-order valence-electron chi connectivity index (χ4n) is 1.56. The Labute approximate surface area is 311 Å². The number of hydrogen-bond acceptors (Lipinski definition) is 13. The van der Waals surface area contributed by atoms with E-state index < -0.39 is 10.2 Å². The molecule has 252 valence electrons. The Morgan fingerprint density at radius 1 is 0.304 bits per heavy atom. The van der Waals surface area contributed by atoms with Gasteiger partial charge >= 0.3 is 0 Å². The van der Waals surface area contributed by atoms with E-state index in [4.69, 9.17) is 41.2 Å². The molecule has 0 spiro atoms. The van der Waals surface area contributed by atoms with E-state index in [1.165, 1.54) is 0 Å². The van der Waals surface area contributed by atoms with Crippen LogP contribution in [0.1, 0.15) is 0 Å². The predicted molar refractivity (Wildman–Crippen MR) is 145 cm³/mol. The number of nitrogens with zero attached hydrogens (tertiary/aromatic N) is 7. The van der Waals surface area contributed by atoms with Gasteiger partial charge in [-0.3, -0.25) is 24.9 Å². The standard InChI is InChI=1S/5C5H5N.2NO3.O2.4O.2U/c5*1-2-4-6-5-3-1;2*2-1(3)4;1-2;;;;;;/h5*1-5H;;;;;;;;;/q;;;;;2*-1;5*-2;;. The van der Waals surface area contributed by atoms with Gasteiger partial charge < -0.3 is 63.1 Å². The van der Waals surface area contributed by atoms with Gasteiger partial charge in [0, 0.05) is 124 Å². The third-order valence-corrected chi connectivity index (χ3v) is 2.83. The van der Waals surface area contributed by atoms with Gasteiger partial charge in [-0.1, -0.05) is 30.3 Å². The third-order valence-electron chi connectivity index (χ3n) is 2.83. The van der Waals surface area contributed by atoms with Crippen LogP contribution in [0, 0.1) is 92.9 Å². The van der Waals surface area contributed by atoms with Crippen LogP contribution in [0.25, 0.3) is 0 Å². The van der Waals surface area contributed by atoms with Crippen LogP contribution in [-0.2, 0) is 21.9 Å². The first kappa shape index (κ1) is 64.8. The summed E-state index contributed by atoms with van der Waals surface area (Å²) in [5.74, 6) is 0. The zero-order valence-corrected chi connectivity index (χ0v) is 31.8. The Hall–Kier alpha value is -3.99. The molecule has 5 rings (SSSR count). The van der Waals surface area contributed by atoms with Crippen LogP contribution in [0.2, 0.25) is 0 Å². The van der Waals surface area contributed by atoms with Crippen molar-refractivity contribution < 1.29 is 105 Å². The Morgan fingerprint density at radius 2 is 0.391 bits per heavy atom. The van der Waals surface area contributed by atoms with Crippen molar-refractivity contribution in [2.75, 3.05) is 0 Å². The SMILES string of the molecule is O=[N+]([O-])[O-].O=[N+]([O-])[O-].[O-2].[O-2].[O-2].[O-2].[O-][O-].[U].[U].c1ccncc1.c1ccncc1.c1ccncc1.c1ccncc1.c1ccncc1. The number of aromatic nitrogens is 5. The smallest absolute Gasteiger partial charge is 0.0689 e. The van der Waals surface area contributed by atoms with Crippen molar-refractivity contribution in [1.29, 1.82) is 0 Å². The summed E-state index contributed by atoms with van der Waals surface area (Å²) >= 11 is 0. The Balaban J connectivity index is -0.0000000484. The van der Waals surface area contributed by atoms with Crippen LogP contribution in [0.5, 0.6) is 0 Å². The number of hydrogen-bond donors (Lipinski definition) is 0. The molecular formula is C25H25N7O12U2-12. The largest absolute Gasteiger partial charge is 2.00 e. The molecule has 0 saturated carbocycles. The van der Waals surface area contributed by atoms with Gasteiger partial charge in [0.05, 0.1) is 10.2 Å². The first-order valence-electron chi connectivity index (χ1n) is 10.5. The second kappa shape index (κ2) is 64.1. The van der Waals surface area contributed by atoms with E-state index >= 15 is 0 Å². The zero-order chi connectivity index (χ0) is 30.4. The average molecular weight is 1090 g/mol. The summed E-state index contributed by atoms with van der Waals surface area (Å²) in [7, 11) is 0. The van der Waals surface area contributed by atoms with E-state index in [1.54, 1.807) is 62.0 Å². The Morgan fingerprint density at radius 3 is 0.413 bits per heavy atom. The van der Waals surface area contributed by atoms with Crippen molar-refractivity contribution in [1.82, 2.24) is 24.9 Å². The maximum absolute atomic E-state index is 8.25. The van der Waals surface area contributed by atoms with Gasteiger partial charge in [-0.15, -0.1) is 0 Å². The van der Waals surface area contributed by atoms with E-state index in [1.807, 2.05) is 91.0 Å². The van der Waals surface area contributed by atoms with Crippen molar-refractivity contribution in [3.05, 3.63) is 184 Å². The predicted octanol–water partition coefficient (Wildman–Crippen LogP) is 2.08. The van der Waals surface area contributed by atoms with Crippen LogP contribution >= 0.6 is 0 Å². The molecule has 0 bridgehead atoms. The summed E-state index contributed by atoms with van der Waals surface area (Å²) < 4.78 is 0. The van der Waals surface area contributed by atoms with Crippen LogP contribution in [0.4, 0.5) is 0 Å². The topological polar surface area (TPSA) is 357 Å². The molecule has 0 amide bonds. The molecule has 5 aromatic heterocycles. The van der Waals surface area contributed by atoms with E-state index in [0.29, 0.717) is 0 Å². The summed E-state index contributed by atoms with van der Waals surface area (Å²) in [6.45, 7) is 0. The summed E-state index contributed by atoms with van der Waals surface area (Å²) in [6.07, 6.45) is 17.5. The van der Waals surface area contributed by atoms with E-state index in [-0.39, 0.29) is 84.1 Å². The molecule has 0 aliphatic heterocycles. The summed E-state index contributed by atoms with van der Waals surface area (Å²) in [4.78, 5) is 35.4. The molecule has 0 N–H and O–H groups in total. The van der Waals surface area contributed by atoms with Crippen molar-refractivity contribution in [3.63, 3.8) is 0 Å². The average Bonchev–Trinajstić information content (AvgIpc) is 3.03. The molecule has 0 unspecified atom stereocenters. The zero-order valence-electron chi connectivity index (χ0n) is 23.5. The molecule has 19 nitrogen and oxygen atoms in total. The quantitative estimate of drug-likeness (QED) is 0.122. The van der Waals surface area contributed by atoms with Crippen molar-refractivity contribution >= 4 is 0 Å². The van der Waals surface area contributed by atoms with Gasteiger partial charge in [-0.25, -0.2) is 0 Å². The summed E-state index contributed by atoms with van der Waals surface area (Å²) in [6, 6.07) is 28.6. The maximum Gasteiger partial charge on any atom is 0.0689 e. The fourth-order valence-corrected chi connectivity index (χ4v) is 1.56. The van der Waals surface area contributed by atoms with Crippen LogP contribution in [0.15, 0.2) is 153 Å². The van der Waals surface area contributed by atoms with Crippen LogP contribution < -0.4 is 10.5 Å². The normalized spacial score (nSPS) is 6.39. The fraction of sp³-hybridized carbons (Fsp3) is 0. The second-order valence-corrected chi connectivity index (χ2v) is 5.57. The molecule has 21 heteroatoms. The summed E-state index contributed by atoms with van der Waals surface area (Å²) in [5.41, 5.74) is 0. The van der Waals surface area contributed by atoms with Crippen LogP contribution in [-0.4, -0.2) is 35.1 Å². The number of rotatable bonds is 0. The molecule has 0 fully saturated rings. The molecule has 5 aromatic rings. The van der Waals surface area contributed by atoms with Gasteiger partial charge in [0.15, 0.2) is 0 Å². The minimum atomic E-state index is -1.75. The van der Waals surface area contributed by atoms with Crippen LogP contribution in [0.3, 0.4) is 0 Å². The van der Waals surface area contributed by atoms with Gasteiger partial charge in [0.2, 0.25) is 0 Å². The molecule has 0 aromatic carbocycles. The van der Waals surface area contributed by atoms with Crippen molar-refractivity contribution in [2.24, 2.45) is 0 Å². The van der Waals surface area contributed by atoms with Gasteiger partial charge in [0.1, 0.15) is 0 Å². The van der Waals surface area contributed by atoms with E-state index in [9.17, 15) is 0 Å². The molecule has 0 aliphatic carbocycles. The Kier molecular flexibility index (Phi) is 90.3. The minimum absolute atomic E-state index is 0. The minimum Gasteiger partial charge on any atom is -2.00 e. The molecular weight excluding hydrogens is 1070 g/mol. The first-order valence-corrected chi connectivity index (χ1v) is 10.5. The third kappa shape index (κ3) is 90.0. The van der Waals surface area contributed by atoms with E-state index in [2.05, 4.69) is 24.9 Å². The van der Waals surface area contributed by atoms with E-state index in [0.717, 1.165) is 0 Å². The second-order valence-electron chi connectivity index (χ2n) is 5.57. The summed E-state index contributed by atoms with van der Waals surface area (Å²) in [5, 5.41) is 43.5. The number of pyridine rings is 5. The molecule has 5 heterocycles. The maximum atomic E-state index is 8.25. The molecule has 0 radical (unpaired) electrons. The van der Waals surface area contributed by atoms with Crippen molar-refractivity contribution in [2.45, 2.75) is 0 Å². The van der Waals surface area contributed by atoms with Gasteiger partial charge in [0.25, 0.3) is 0 Å². The van der Waals surface area contributed by atoms with Gasteiger partial charge in [-0.2, -0.15) is 0 Å². The first-order chi connectivity index (χ1) is 19.5. The molecule has 0 saturated heterocycles. The molecule has 0 aliphatic rings.